The highest BCUT2D eigenvalue weighted by Gasteiger charge is 2.05. The summed E-state index contributed by atoms with van der Waals surface area (Å²) in [4.78, 5) is 0. The predicted octanol–water partition coefficient (Wildman–Crippen LogP) is 3.22. The second-order valence-corrected chi connectivity index (χ2v) is 3.51. The predicted molar refractivity (Wildman–Crippen MR) is 46.5 cm³/mol. The summed E-state index contributed by atoms with van der Waals surface area (Å²) in [7, 11) is 0. The van der Waals surface area contributed by atoms with E-state index in [-0.39, 0.29) is 0 Å². The highest BCUT2D eigenvalue weighted by atomic mass is 79.9. The van der Waals surface area contributed by atoms with Crippen molar-refractivity contribution in [3.05, 3.63) is 32.5 Å². The van der Waals surface area contributed by atoms with Gasteiger partial charge < -0.3 is 0 Å². The van der Waals surface area contributed by atoms with Crippen LogP contribution in [0, 0.1) is 17.1 Å². The Bertz CT molecular complexity index is 307. The highest BCUT2D eigenvalue weighted by Crippen LogP contribution is 2.26. The van der Waals surface area contributed by atoms with Gasteiger partial charge in [-0.05, 0) is 44.0 Å². The van der Waals surface area contributed by atoms with Crippen LogP contribution < -0.4 is 0 Å². The third-order valence-electron chi connectivity index (χ3n) is 1.11. The summed E-state index contributed by atoms with van der Waals surface area (Å²) in [6.07, 6.45) is 0. The number of benzene rings is 1. The summed E-state index contributed by atoms with van der Waals surface area (Å²) >= 11 is 6.11. The van der Waals surface area contributed by atoms with Gasteiger partial charge in [0.25, 0.3) is 0 Å². The zero-order chi connectivity index (χ0) is 8.43. The first kappa shape index (κ1) is 8.69. The first-order valence-electron chi connectivity index (χ1n) is 2.70. The molecule has 0 aliphatic heterocycles. The molecular formula is C7H2Br2FN. The molecule has 0 heterocycles. The van der Waals surface area contributed by atoms with Crippen LogP contribution in [0.1, 0.15) is 5.56 Å². The lowest BCUT2D eigenvalue weighted by Gasteiger charge is -1.97. The Hall–Kier alpha value is -0.400. The molecule has 1 aromatic rings. The van der Waals surface area contributed by atoms with Crippen LogP contribution >= 0.6 is 31.9 Å². The van der Waals surface area contributed by atoms with Gasteiger partial charge in [-0.25, -0.2) is 4.39 Å². The van der Waals surface area contributed by atoms with E-state index in [0.29, 0.717) is 14.5 Å². The van der Waals surface area contributed by atoms with Crippen LogP contribution in [0.15, 0.2) is 21.1 Å². The van der Waals surface area contributed by atoms with Crippen molar-refractivity contribution in [2.45, 2.75) is 0 Å². The minimum absolute atomic E-state index is 0.303. The van der Waals surface area contributed by atoms with Crippen LogP contribution in [0.5, 0.6) is 0 Å². The largest absolute Gasteiger partial charge is 0.206 e. The summed E-state index contributed by atoms with van der Waals surface area (Å²) in [6, 6.07) is 4.57. The van der Waals surface area contributed by atoms with E-state index in [2.05, 4.69) is 31.9 Å². The molecule has 0 spiro atoms. The van der Waals surface area contributed by atoms with E-state index in [9.17, 15) is 4.39 Å². The topological polar surface area (TPSA) is 23.8 Å². The zero-order valence-electron chi connectivity index (χ0n) is 5.24. The minimum Gasteiger partial charge on any atom is -0.206 e. The van der Waals surface area contributed by atoms with Crippen molar-refractivity contribution >= 4 is 31.9 Å². The van der Waals surface area contributed by atoms with Crippen LogP contribution in [-0.2, 0) is 0 Å². The molecule has 0 bridgehead atoms. The fourth-order valence-electron chi connectivity index (χ4n) is 0.620. The molecule has 11 heavy (non-hydrogen) atoms. The zero-order valence-corrected chi connectivity index (χ0v) is 8.41. The molecule has 1 aromatic carbocycles. The monoisotopic (exact) mass is 277 g/mol. The van der Waals surface area contributed by atoms with Crippen LogP contribution in [0.2, 0.25) is 0 Å². The molecule has 56 valence electrons. The van der Waals surface area contributed by atoms with Crippen molar-refractivity contribution in [3.63, 3.8) is 0 Å². The number of nitrogens with zero attached hydrogens (tertiary/aromatic N) is 1. The van der Waals surface area contributed by atoms with Crippen molar-refractivity contribution in [3.8, 4) is 6.07 Å². The van der Waals surface area contributed by atoms with Gasteiger partial charge in [-0.2, -0.15) is 5.26 Å². The smallest absolute Gasteiger partial charge is 0.139 e. The molecule has 4 heteroatoms. The van der Waals surface area contributed by atoms with Crippen LogP contribution in [0.25, 0.3) is 0 Å². The van der Waals surface area contributed by atoms with Gasteiger partial charge in [-0.1, -0.05) is 0 Å². The summed E-state index contributed by atoms with van der Waals surface area (Å²) in [5, 5.41) is 8.42. The molecule has 0 N–H and O–H groups in total. The van der Waals surface area contributed by atoms with Gasteiger partial charge in [0.2, 0.25) is 0 Å². The molecule has 0 aliphatic carbocycles. The molecule has 0 radical (unpaired) electrons. The quantitative estimate of drug-likeness (QED) is 0.669. The summed E-state index contributed by atoms with van der Waals surface area (Å²) in [6.45, 7) is 0. The molecule has 0 saturated heterocycles. The van der Waals surface area contributed by atoms with E-state index in [0.717, 1.165) is 0 Å². The molecule has 0 fully saturated rings. The van der Waals surface area contributed by atoms with Crippen molar-refractivity contribution in [2.75, 3.05) is 0 Å². The Labute approximate surface area is 80.1 Å². The first-order valence-corrected chi connectivity index (χ1v) is 4.28. The fourth-order valence-corrected chi connectivity index (χ4v) is 1.29. The second-order valence-electron chi connectivity index (χ2n) is 1.87. The van der Waals surface area contributed by atoms with Crippen molar-refractivity contribution in [1.82, 2.24) is 0 Å². The summed E-state index contributed by atoms with van der Waals surface area (Å²) < 4.78 is 13.7. The van der Waals surface area contributed by atoms with Gasteiger partial charge in [0.05, 0.1) is 16.1 Å². The third-order valence-corrected chi connectivity index (χ3v) is 3.08. The maximum absolute atomic E-state index is 12.8. The van der Waals surface area contributed by atoms with E-state index in [1.54, 1.807) is 6.07 Å². The average Bonchev–Trinajstić information content (AvgIpc) is 1.99. The van der Waals surface area contributed by atoms with Crippen LogP contribution in [0.4, 0.5) is 4.39 Å². The molecule has 0 unspecified atom stereocenters. The number of rotatable bonds is 0. The van der Waals surface area contributed by atoms with Crippen molar-refractivity contribution in [1.29, 1.82) is 5.26 Å². The molecule has 1 nitrogen and oxygen atoms in total. The maximum atomic E-state index is 12.8. The molecule has 0 atom stereocenters. The Kier molecular flexibility index (Phi) is 2.63. The lowest BCUT2D eigenvalue weighted by Crippen LogP contribution is -1.82. The fraction of sp³-hybridized carbons (Fsp3) is 0. The molecule has 0 aliphatic rings. The van der Waals surface area contributed by atoms with E-state index in [4.69, 9.17) is 5.26 Å². The van der Waals surface area contributed by atoms with Gasteiger partial charge in [-0.3, -0.25) is 0 Å². The Morgan fingerprint density at radius 3 is 2.45 bits per heavy atom. The number of hydrogen-bond donors (Lipinski definition) is 0. The Morgan fingerprint density at radius 1 is 1.36 bits per heavy atom. The SMILES string of the molecule is N#Cc1cc(F)c(Br)c(Br)c1. The van der Waals surface area contributed by atoms with E-state index in [1.807, 2.05) is 6.07 Å². The molecule has 0 saturated carbocycles. The lowest BCUT2D eigenvalue weighted by atomic mass is 10.2. The van der Waals surface area contributed by atoms with Crippen LogP contribution in [-0.4, -0.2) is 0 Å². The molecule has 1 rings (SSSR count). The van der Waals surface area contributed by atoms with Gasteiger partial charge in [0.15, 0.2) is 0 Å². The third kappa shape index (κ3) is 1.79. The van der Waals surface area contributed by atoms with Gasteiger partial charge in [-0.15, -0.1) is 0 Å². The van der Waals surface area contributed by atoms with Gasteiger partial charge in [0, 0.05) is 4.47 Å². The summed E-state index contributed by atoms with van der Waals surface area (Å²) in [5.41, 5.74) is 0.303. The van der Waals surface area contributed by atoms with Crippen molar-refractivity contribution in [2.24, 2.45) is 0 Å². The van der Waals surface area contributed by atoms with E-state index in [1.165, 1.54) is 6.07 Å². The molecular weight excluding hydrogens is 277 g/mol. The highest BCUT2D eigenvalue weighted by molar-refractivity contribution is 9.13. The summed E-state index contributed by atoms with van der Waals surface area (Å²) in [5.74, 6) is -0.434. The number of nitriles is 1. The van der Waals surface area contributed by atoms with Gasteiger partial charge >= 0.3 is 0 Å². The van der Waals surface area contributed by atoms with Gasteiger partial charge in [0.1, 0.15) is 5.82 Å². The lowest BCUT2D eigenvalue weighted by molar-refractivity contribution is 0.619. The van der Waals surface area contributed by atoms with E-state index >= 15 is 0 Å². The standard InChI is InChI=1S/C7H2Br2FN/c8-5-1-4(3-11)2-6(10)7(5)9/h1-2H. The minimum atomic E-state index is -0.434. The van der Waals surface area contributed by atoms with Crippen molar-refractivity contribution < 1.29 is 4.39 Å². The Balaban J connectivity index is 3.35. The normalized spacial score (nSPS) is 9.27. The number of hydrogen-bond acceptors (Lipinski definition) is 1. The number of halogens is 3. The maximum Gasteiger partial charge on any atom is 0.139 e. The van der Waals surface area contributed by atoms with Crippen LogP contribution in [0.3, 0.4) is 0 Å². The average molecular weight is 279 g/mol. The molecule has 0 aromatic heterocycles. The first-order chi connectivity index (χ1) is 5.15. The molecule has 0 amide bonds. The second kappa shape index (κ2) is 3.33. The Morgan fingerprint density at radius 2 is 2.00 bits per heavy atom. The van der Waals surface area contributed by atoms with E-state index < -0.39 is 5.82 Å².